The van der Waals surface area contributed by atoms with Gasteiger partial charge in [-0.25, -0.2) is 4.39 Å². The second-order valence-electron chi connectivity index (χ2n) is 7.63. The first kappa shape index (κ1) is 20.6. The van der Waals surface area contributed by atoms with Crippen LogP contribution < -0.4 is 10.6 Å². The van der Waals surface area contributed by atoms with Gasteiger partial charge < -0.3 is 15.5 Å². The van der Waals surface area contributed by atoms with E-state index in [1.807, 2.05) is 26.1 Å². The predicted octanol–water partition coefficient (Wildman–Crippen LogP) is 2.17. The molecular weight excluding hydrogens is 331 g/mol. The first-order chi connectivity index (χ1) is 12.3. The van der Waals surface area contributed by atoms with Crippen LogP contribution in [0, 0.1) is 11.7 Å². The Morgan fingerprint density at radius 3 is 2.27 bits per heavy atom. The van der Waals surface area contributed by atoms with E-state index in [2.05, 4.69) is 23.6 Å². The number of amides is 1. The Morgan fingerprint density at radius 1 is 1.15 bits per heavy atom. The molecule has 1 fully saturated rings. The number of rotatable bonds is 7. The fourth-order valence-corrected chi connectivity index (χ4v) is 3.28. The molecule has 0 radical (unpaired) electrons. The molecule has 0 aliphatic carbocycles. The van der Waals surface area contributed by atoms with Gasteiger partial charge in [-0.1, -0.05) is 13.8 Å². The zero-order valence-electron chi connectivity index (χ0n) is 16.5. The van der Waals surface area contributed by atoms with Gasteiger partial charge in [-0.15, -0.1) is 0 Å². The third-order valence-corrected chi connectivity index (χ3v) is 5.44. The predicted molar refractivity (Wildman–Crippen MR) is 105 cm³/mol. The summed E-state index contributed by atoms with van der Waals surface area (Å²) in [5.41, 5.74) is 7.12. The number of benzene rings is 1. The summed E-state index contributed by atoms with van der Waals surface area (Å²) in [6.45, 7) is 10.2. The summed E-state index contributed by atoms with van der Waals surface area (Å²) in [6.07, 6.45) is 0.824. The molecule has 2 atom stereocenters. The van der Waals surface area contributed by atoms with Gasteiger partial charge >= 0.3 is 0 Å². The van der Waals surface area contributed by atoms with Gasteiger partial charge in [-0.3, -0.25) is 9.69 Å². The maximum absolute atomic E-state index is 13.1. The molecular formula is C20H33FN4O. The molecule has 146 valence electrons. The van der Waals surface area contributed by atoms with Gasteiger partial charge in [0, 0.05) is 51.5 Å². The molecule has 0 aromatic heterocycles. The lowest BCUT2D eigenvalue weighted by Crippen LogP contribution is -2.54. The van der Waals surface area contributed by atoms with Crippen molar-refractivity contribution in [3.63, 3.8) is 0 Å². The van der Waals surface area contributed by atoms with E-state index in [0.29, 0.717) is 12.5 Å². The number of hydrogen-bond acceptors (Lipinski definition) is 4. The van der Waals surface area contributed by atoms with Crippen LogP contribution >= 0.6 is 0 Å². The minimum absolute atomic E-state index is 0.125. The maximum atomic E-state index is 13.1. The van der Waals surface area contributed by atoms with Crippen molar-refractivity contribution in [1.29, 1.82) is 0 Å². The van der Waals surface area contributed by atoms with E-state index in [9.17, 15) is 9.18 Å². The van der Waals surface area contributed by atoms with Crippen LogP contribution in [0.15, 0.2) is 24.3 Å². The van der Waals surface area contributed by atoms with Crippen LogP contribution in [0.4, 0.5) is 10.1 Å². The van der Waals surface area contributed by atoms with E-state index >= 15 is 0 Å². The number of carbonyl (C=O) groups is 1. The largest absolute Gasteiger partial charge is 0.369 e. The molecule has 0 bridgehead atoms. The lowest BCUT2D eigenvalue weighted by Gasteiger charge is -2.39. The van der Waals surface area contributed by atoms with Crippen molar-refractivity contribution in [2.45, 2.75) is 39.3 Å². The molecule has 1 aliphatic heterocycles. The molecule has 0 spiro atoms. The molecule has 1 aromatic rings. The van der Waals surface area contributed by atoms with Gasteiger partial charge in [0.1, 0.15) is 5.82 Å². The number of halogens is 1. The van der Waals surface area contributed by atoms with Crippen LogP contribution in [0.1, 0.15) is 27.2 Å². The van der Waals surface area contributed by atoms with Gasteiger partial charge in [0.15, 0.2) is 0 Å². The average Bonchev–Trinajstić information content (AvgIpc) is 2.65. The van der Waals surface area contributed by atoms with Gasteiger partial charge in [-0.05, 0) is 43.5 Å². The van der Waals surface area contributed by atoms with Gasteiger partial charge in [0.25, 0.3) is 0 Å². The number of likely N-dealkylation sites (N-methyl/N-ethyl adjacent to an activating group) is 1. The number of hydrogen-bond donors (Lipinski definition) is 1. The summed E-state index contributed by atoms with van der Waals surface area (Å²) in [6, 6.07) is 6.59. The minimum Gasteiger partial charge on any atom is -0.369 e. The highest BCUT2D eigenvalue weighted by atomic mass is 19.1. The third-order valence-electron chi connectivity index (χ3n) is 5.44. The Morgan fingerprint density at radius 2 is 1.73 bits per heavy atom. The van der Waals surface area contributed by atoms with E-state index in [4.69, 9.17) is 5.73 Å². The molecule has 1 saturated heterocycles. The van der Waals surface area contributed by atoms with Crippen LogP contribution in [0.2, 0.25) is 0 Å². The smallest absolute Gasteiger partial charge is 0.239 e. The number of nitrogens with two attached hydrogens (primary N) is 1. The molecule has 1 aliphatic rings. The first-order valence-electron chi connectivity index (χ1n) is 9.54. The van der Waals surface area contributed by atoms with Crippen LogP contribution in [0.25, 0.3) is 0 Å². The van der Waals surface area contributed by atoms with Crippen molar-refractivity contribution in [2.75, 3.05) is 44.7 Å². The summed E-state index contributed by atoms with van der Waals surface area (Å²) in [5.74, 6) is 0.360. The summed E-state index contributed by atoms with van der Waals surface area (Å²) < 4.78 is 13.1. The SMILES string of the molecule is CC(C)C(N)CCN(C)C(=O)C(C)N1CCN(c2ccc(F)cc2)CC1. The maximum Gasteiger partial charge on any atom is 0.239 e. The topological polar surface area (TPSA) is 52.8 Å². The highest BCUT2D eigenvalue weighted by Crippen LogP contribution is 2.18. The molecule has 2 unspecified atom stereocenters. The second kappa shape index (κ2) is 9.33. The van der Waals surface area contributed by atoms with E-state index in [1.165, 1.54) is 12.1 Å². The lowest BCUT2D eigenvalue weighted by atomic mass is 10.0. The Kier molecular flexibility index (Phi) is 7.41. The molecule has 6 heteroatoms. The van der Waals surface area contributed by atoms with Crippen molar-refractivity contribution in [3.05, 3.63) is 30.1 Å². The monoisotopic (exact) mass is 364 g/mol. The van der Waals surface area contributed by atoms with Gasteiger partial charge in [0.2, 0.25) is 5.91 Å². The highest BCUT2D eigenvalue weighted by molar-refractivity contribution is 5.81. The van der Waals surface area contributed by atoms with Gasteiger partial charge in [0.05, 0.1) is 6.04 Å². The number of carbonyl (C=O) groups excluding carboxylic acids is 1. The third kappa shape index (κ3) is 5.42. The first-order valence-corrected chi connectivity index (χ1v) is 9.54. The van der Waals surface area contributed by atoms with E-state index in [-0.39, 0.29) is 23.8 Å². The zero-order chi connectivity index (χ0) is 19.3. The summed E-state index contributed by atoms with van der Waals surface area (Å²) in [5, 5.41) is 0. The summed E-state index contributed by atoms with van der Waals surface area (Å²) in [4.78, 5) is 19.0. The Balaban J connectivity index is 1.82. The van der Waals surface area contributed by atoms with Crippen LogP contribution in [-0.2, 0) is 4.79 Å². The molecule has 2 N–H and O–H groups in total. The van der Waals surface area contributed by atoms with Crippen LogP contribution in [0.5, 0.6) is 0 Å². The van der Waals surface area contributed by atoms with Crippen molar-refractivity contribution < 1.29 is 9.18 Å². The number of anilines is 1. The van der Waals surface area contributed by atoms with Crippen LogP contribution in [0.3, 0.4) is 0 Å². The molecule has 5 nitrogen and oxygen atoms in total. The summed E-state index contributed by atoms with van der Waals surface area (Å²) >= 11 is 0. The number of piperazine rings is 1. The molecule has 2 rings (SSSR count). The number of nitrogens with zero attached hydrogens (tertiary/aromatic N) is 3. The average molecular weight is 365 g/mol. The standard InChI is InChI=1S/C20H33FN4O/c1-15(2)19(22)9-10-23(4)20(26)16(3)24-11-13-25(14-12-24)18-7-5-17(21)6-8-18/h5-8,15-16,19H,9-14,22H2,1-4H3. The van der Waals surface area contributed by atoms with Crippen molar-refractivity contribution in [3.8, 4) is 0 Å². The summed E-state index contributed by atoms with van der Waals surface area (Å²) in [7, 11) is 1.86. The highest BCUT2D eigenvalue weighted by Gasteiger charge is 2.27. The quantitative estimate of drug-likeness (QED) is 0.806. The lowest BCUT2D eigenvalue weighted by molar-refractivity contribution is -0.135. The van der Waals surface area contributed by atoms with Crippen LogP contribution in [-0.4, -0.2) is 67.6 Å². The van der Waals surface area contributed by atoms with E-state index in [1.54, 1.807) is 4.90 Å². The molecule has 26 heavy (non-hydrogen) atoms. The molecule has 1 aromatic carbocycles. The zero-order valence-corrected chi connectivity index (χ0v) is 16.5. The molecule has 1 heterocycles. The van der Waals surface area contributed by atoms with Crippen molar-refractivity contribution in [1.82, 2.24) is 9.80 Å². The van der Waals surface area contributed by atoms with Crippen molar-refractivity contribution in [2.24, 2.45) is 11.7 Å². The fourth-order valence-electron chi connectivity index (χ4n) is 3.28. The Labute approximate surface area is 156 Å². The van der Waals surface area contributed by atoms with Gasteiger partial charge in [-0.2, -0.15) is 0 Å². The van der Waals surface area contributed by atoms with E-state index in [0.717, 1.165) is 38.3 Å². The Bertz CT molecular complexity index is 570. The van der Waals surface area contributed by atoms with Crippen molar-refractivity contribution >= 4 is 11.6 Å². The fraction of sp³-hybridized carbons (Fsp3) is 0.650. The minimum atomic E-state index is -0.216. The Hall–Kier alpha value is -1.66. The molecule has 1 amide bonds. The normalized spacial score (nSPS) is 18.0. The second-order valence-corrected chi connectivity index (χ2v) is 7.63. The molecule has 0 saturated carbocycles. The van der Waals surface area contributed by atoms with E-state index < -0.39 is 0 Å².